The Morgan fingerprint density at radius 1 is 1.29 bits per heavy atom. The van der Waals surface area contributed by atoms with Crippen molar-refractivity contribution in [2.24, 2.45) is 0 Å². The van der Waals surface area contributed by atoms with Gasteiger partial charge in [-0.25, -0.2) is 19.3 Å². The van der Waals surface area contributed by atoms with Gasteiger partial charge < -0.3 is 16.2 Å². The van der Waals surface area contributed by atoms with Gasteiger partial charge in [0, 0.05) is 27.8 Å². The van der Waals surface area contributed by atoms with Gasteiger partial charge in [0.15, 0.2) is 6.10 Å². The summed E-state index contributed by atoms with van der Waals surface area (Å²) in [6.45, 7) is 0.936. The maximum Gasteiger partial charge on any atom is 0.258 e. The summed E-state index contributed by atoms with van der Waals surface area (Å²) in [6.07, 6.45) is 1.30. The van der Waals surface area contributed by atoms with Gasteiger partial charge in [0.2, 0.25) is 0 Å². The molecule has 0 aliphatic carbocycles. The molecule has 1 amide bonds. The Hall–Kier alpha value is -3.85. The summed E-state index contributed by atoms with van der Waals surface area (Å²) in [4.78, 5) is 25.1. The second-order valence-corrected chi connectivity index (χ2v) is 7.08. The fourth-order valence-electron chi connectivity index (χ4n) is 3.36. The number of rotatable bonds is 4. The maximum atomic E-state index is 13.4. The summed E-state index contributed by atoms with van der Waals surface area (Å²) >= 11 is 0. The number of aromatic nitrogens is 4. The number of hydrogen-bond donors (Lipinski definition) is 3. The van der Waals surface area contributed by atoms with Gasteiger partial charge in [0.05, 0.1) is 0 Å². The molecular formula is C22H21FN6O2. The molecule has 4 rings (SSSR count). The number of aliphatic hydroxyl groups excluding tert-OH is 1. The predicted octanol–water partition coefficient (Wildman–Crippen LogP) is 3.11. The lowest BCUT2D eigenvalue weighted by Crippen LogP contribution is -2.21. The molecule has 0 bridgehead atoms. The zero-order chi connectivity index (χ0) is 24.8. The third-order valence-corrected chi connectivity index (χ3v) is 4.89. The monoisotopic (exact) mass is 423 g/mol. The number of nitrogens with one attached hydrogen (secondary N) is 1. The third kappa shape index (κ3) is 3.71. The lowest BCUT2D eigenvalue weighted by Gasteiger charge is -2.13. The van der Waals surface area contributed by atoms with Crippen molar-refractivity contribution in [3.8, 4) is 11.3 Å². The quantitative estimate of drug-likeness (QED) is 0.464. The van der Waals surface area contributed by atoms with E-state index in [1.54, 1.807) is 19.9 Å². The van der Waals surface area contributed by atoms with E-state index in [0.717, 1.165) is 6.07 Å². The average Bonchev–Trinajstić information content (AvgIpc) is 3.18. The summed E-state index contributed by atoms with van der Waals surface area (Å²) in [5.74, 6) is -1.26. The number of nitrogens with two attached hydrogens (primary N) is 1. The Bertz CT molecular complexity index is 1420. The van der Waals surface area contributed by atoms with Crippen LogP contribution in [0.2, 0.25) is 0 Å². The first-order valence-corrected chi connectivity index (χ1v) is 9.33. The fraction of sp³-hybridized carbons (Fsp3) is 0.182. The van der Waals surface area contributed by atoms with Crippen LogP contribution in [0.3, 0.4) is 0 Å². The zero-order valence-corrected chi connectivity index (χ0v) is 16.7. The van der Waals surface area contributed by atoms with Crippen LogP contribution in [0.25, 0.3) is 16.8 Å². The van der Waals surface area contributed by atoms with Crippen molar-refractivity contribution in [3.63, 3.8) is 0 Å². The molecule has 158 valence electrons. The van der Waals surface area contributed by atoms with Gasteiger partial charge in [-0.05, 0) is 50.0 Å². The second-order valence-electron chi connectivity index (χ2n) is 7.08. The summed E-state index contributed by atoms with van der Waals surface area (Å²) < 4.78 is 38.5. The van der Waals surface area contributed by atoms with Crippen molar-refractivity contribution < 1.29 is 18.4 Å². The summed E-state index contributed by atoms with van der Waals surface area (Å²) in [7, 11) is 0. The molecule has 3 heterocycles. The van der Waals surface area contributed by atoms with Crippen LogP contribution in [0.1, 0.15) is 32.9 Å². The lowest BCUT2D eigenvalue weighted by atomic mass is 10.1. The number of amides is 1. The first kappa shape index (κ1) is 16.9. The number of benzene rings is 1. The van der Waals surface area contributed by atoms with Gasteiger partial charge in [-0.15, -0.1) is 0 Å². The Kier molecular flexibility index (Phi) is 4.23. The van der Waals surface area contributed by atoms with Crippen LogP contribution in [0.4, 0.5) is 16.0 Å². The number of nitrogen functional groups attached to an aromatic ring is 1. The number of hydrogen-bond acceptors (Lipinski definition) is 6. The van der Waals surface area contributed by atoms with Crippen LogP contribution in [-0.4, -0.2) is 30.4 Å². The maximum absolute atomic E-state index is 13.4. The van der Waals surface area contributed by atoms with Gasteiger partial charge in [0.25, 0.3) is 5.91 Å². The normalized spacial score (nSPS) is 14.0. The van der Waals surface area contributed by atoms with Crippen molar-refractivity contribution in [1.29, 1.82) is 0 Å². The Labute approximate surface area is 181 Å². The van der Waals surface area contributed by atoms with Gasteiger partial charge >= 0.3 is 0 Å². The number of halogens is 1. The van der Waals surface area contributed by atoms with E-state index in [1.807, 2.05) is 0 Å². The fourth-order valence-corrected chi connectivity index (χ4v) is 3.36. The van der Waals surface area contributed by atoms with Crippen LogP contribution in [0, 0.1) is 26.5 Å². The van der Waals surface area contributed by atoms with E-state index in [4.69, 9.17) is 9.85 Å². The highest BCUT2D eigenvalue weighted by molar-refractivity contribution is 5.94. The lowest BCUT2D eigenvalue weighted by molar-refractivity contribution is -0.124. The molecule has 0 unspecified atom stereocenters. The molecule has 0 saturated carbocycles. The van der Waals surface area contributed by atoms with E-state index in [2.05, 4.69) is 20.3 Å². The minimum atomic E-state index is -2.50. The molecule has 0 aliphatic heterocycles. The standard InChI is InChI=1S/C22H21FN6O2/c1-11-7-17(28-22(31)20(30)14-5-4-6-15(23)8-14)25-10-16(11)18-19-21(24)26-9-12(2)29(19)13(3)27-18/h4-10,20,30H,1-3H3,(H2,24,26)(H,25,28,31)/t20-/m0/s1/i3D3. The van der Waals surface area contributed by atoms with Crippen molar-refractivity contribution in [2.75, 3.05) is 11.1 Å². The molecule has 31 heavy (non-hydrogen) atoms. The summed E-state index contributed by atoms with van der Waals surface area (Å²) in [6, 6.07) is 6.65. The van der Waals surface area contributed by atoms with Crippen molar-refractivity contribution in [3.05, 3.63) is 71.2 Å². The van der Waals surface area contributed by atoms with Gasteiger partial charge in [0.1, 0.15) is 34.5 Å². The molecule has 8 nitrogen and oxygen atoms in total. The van der Waals surface area contributed by atoms with Crippen LogP contribution >= 0.6 is 0 Å². The largest absolute Gasteiger partial charge is 0.382 e. The number of anilines is 2. The van der Waals surface area contributed by atoms with E-state index in [0.29, 0.717) is 28.0 Å². The molecule has 0 fully saturated rings. The third-order valence-electron chi connectivity index (χ3n) is 4.89. The van der Waals surface area contributed by atoms with Crippen molar-refractivity contribution in [1.82, 2.24) is 19.4 Å². The second kappa shape index (κ2) is 7.77. The molecule has 1 atom stereocenters. The molecule has 0 saturated heterocycles. The van der Waals surface area contributed by atoms with Gasteiger partial charge in [-0.3, -0.25) is 9.20 Å². The molecule has 3 aromatic heterocycles. The molecule has 4 aromatic rings. The van der Waals surface area contributed by atoms with E-state index in [1.165, 1.54) is 35.0 Å². The molecule has 9 heteroatoms. The van der Waals surface area contributed by atoms with Gasteiger partial charge in [-0.1, -0.05) is 12.1 Å². The zero-order valence-electron chi connectivity index (χ0n) is 19.7. The molecule has 0 spiro atoms. The Morgan fingerprint density at radius 3 is 2.81 bits per heavy atom. The highest BCUT2D eigenvalue weighted by Crippen LogP contribution is 2.31. The highest BCUT2D eigenvalue weighted by atomic mass is 19.1. The van der Waals surface area contributed by atoms with E-state index in [9.17, 15) is 14.3 Å². The first-order valence-electron chi connectivity index (χ1n) is 10.8. The van der Waals surface area contributed by atoms with E-state index < -0.39 is 24.7 Å². The van der Waals surface area contributed by atoms with Crippen LogP contribution in [-0.2, 0) is 4.79 Å². The Morgan fingerprint density at radius 2 is 2.10 bits per heavy atom. The minimum Gasteiger partial charge on any atom is -0.382 e. The molecular weight excluding hydrogens is 399 g/mol. The first-order chi connectivity index (χ1) is 16.0. The van der Waals surface area contributed by atoms with Crippen molar-refractivity contribution >= 4 is 23.1 Å². The summed E-state index contributed by atoms with van der Waals surface area (Å²) in [5, 5.41) is 12.7. The van der Waals surface area contributed by atoms with E-state index >= 15 is 0 Å². The smallest absolute Gasteiger partial charge is 0.258 e. The van der Waals surface area contributed by atoms with Crippen LogP contribution in [0.15, 0.2) is 42.7 Å². The van der Waals surface area contributed by atoms with Gasteiger partial charge in [-0.2, -0.15) is 0 Å². The summed E-state index contributed by atoms with van der Waals surface area (Å²) in [5.41, 5.74) is 8.48. The van der Waals surface area contributed by atoms with Crippen molar-refractivity contribution in [2.45, 2.75) is 26.8 Å². The van der Waals surface area contributed by atoms with Crippen LogP contribution < -0.4 is 11.1 Å². The van der Waals surface area contributed by atoms with E-state index in [-0.39, 0.29) is 23.0 Å². The number of fused-ring (bicyclic) bond motifs is 1. The predicted molar refractivity (Wildman–Crippen MR) is 115 cm³/mol. The number of carbonyl (C=O) groups is 1. The number of aliphatic hydroxyl groups is 1. The number of imidazole rings is 1. The molecule has 0 radical (unpaired) electrons. The van der Waals surface area contributed by atoms with Crippen LogP contribution in [0.5, 0.6) is 0 Å². The highest BCUT2D eigenvalue weighted by Gasteiger charge is 2.20. The number of aryl methyl sites for hydroxylation is 3. The minimum absolute atomic E-state index is 0.103. The molecule has 1 aromatic carbocycles. The molecule has 4 N–H and O–H groups in total. The Balaban J connectivity index is 1.71. The number of carbonyl (C=O) groups excluding carboxylic acids is 1. The number of pyridine rings is 1. The average molecular weight is 423 g/mol. The SMILES string of the molecule is [2H]C([2H])([2H])c1nc(-c2cnc(NC(=O)[C@@H](O)c3cccc(F)c3)cc2C)c2c(N)ncc(C)n12. The number of nitrogens with zero attached hydrogens (tertiary/aromatic N) is 4. The molecule has 0 aliphatic rings. The topological polar surface area (TPSA) is 118 Å².